The Balaban J connectivity index is 3.09. The van der Waals surface area contributed by atoms with E-state index in [-0.39, 0.29) is 16.8 Å². The summed E-state index contributed by atoms with van der Waals surface area (Å²) in [6.45, 7) is 1.49. The molecule has 0 saturated heterocycles. The van der Waals surface area contributed by atoms with Crippen molar-refractivity contribution in [3.05, 3.63) is 41.1 Å². The number of nitrogens with one attached hydrogen (secondary N) is 1. The van der Waals surface area contributed by atoms with Crippen molar-refractivity contribution in [2.24, 2.45) is 0 Å². The molecule has 0 unspecified atom stereocenters. The van der Waals surface area contributed by atoms with Crippen LogP contribution in [0.4, 0.5) is 14.5 Å². The van der Waals surface area contributed by atoms with E-state index in [2.05, 4.69) is 5.32 Å². The van der Waals surface area contributed by atoms with E-state index < -0.39 is 11.6 Å². The summed E-state index contributed by atoms with van der Waals surface area (Å²) in [5.74, 6) is -1.53. The maximum atomic E-state index is 13.4. The molecule has 0 aliphatic carbocycles. The van der Waals surface area contributed by atoms with Crippen LogP contribution in [0.2, 0.25) is 0 Å². The van der Waals surface area contributed by atoms with Crippen molar-refractivity contribution in [1.82, 2.24) is 0 Å². The van der Waals surface area contributed by atoms with Crippen LogP contribution in [-0.2, 0) is 0 Å². The van der Waals surface area contributed by atoms with Gasteiger partial charge in [-0.05, 0) is 18.6 Å². The molecular formula is C11H7F2N3. The largest absolute Gasteiger partial charge is 0.355 e. The summed E-state index contributed by atoms with van der Waals surface area (Å²) in [7, 11) is 0. The summed E-state index contributed by atoms with van der Waals surface area (Å²) < 4.78 is 26.6. The van der Waals surface area contributed by atoms with Gasteiger partial charge in [0.1, 0.15) is 29.2 Å². The Labute approximate surface area is 91.2 Å². The topological polar surface area (TPSA) is 59.6 Å². The van der Waals surface area contributed by atoms with Gasteiger partial charge in [-0.25, -0.2) is 8.78 Å². The molecule has 0 aliphatic rings. The first-order valence-corrected chi connectivity index (χ1v) is 4.31. The number of halogens is 2. The molecule has 3 nitrogen and oxygen atoms in total. The molecule has 1 N–H and O–H groups in total. The number of allylic oxidation sites excluding steroid dienone is 1. The van der Waals surface area contributed by atoms with Gasteiger partial charge in [-0.15, -0.1) is 0 Å². The number of nitrogens with zero attached hydrogens (tertiary/aromatic N) is 2. The van der Waals surface area contributed by atoms with Crippen molar-refractivity contribution in [3.63, 3.8) is 0 Å². The minimum absolute atomic E-state index is 0.264. The first-order valence-electron chi connectivity index (χ1n) is 4.31. The number of anilines is 1. The van der Waals surface area contributed by atoms with Crippen molar-refractivity contribution in [3.8, 4) is 12.1 Å². The number of benzene rings is 1. The fraction of sp³-hybridized carbons (Fsp3) is 0.0909. The molecule has 0 bridgehead atoms. The highest BCUT2D eigenvalue weighted by atomic mass is 19.1. The average Bonchev–Trinajstić information content (AvgIpc) is 2.29. The molecule has 80 valence electrons. The third-order valence-corrected chi connectivity index (χ3v) is 1.89. The predicted octanol–water partition coefficient (Wildman–Crippen LogP) is 2.62. The van der Waals surface area contributed by atoms with Gasteiger partial charge in [0, 0.05) is 6.20 Å². The lowest BCUT2D eigenvalue weighted by Crippen LogP contribution is -1.99. The van der Waals surface area contributed by atoms with Gasteiger partial charge in [-0.1, -0.05) is 6.07 Å². The van der Waals surface area contributed by atoms with Crippen molar-refractivity contribution in [2.75, 3.05) is 5.32 Å². The summed E-state index contributed by atoms with van der Waals surface area (Å²) in [4.78, 5) is 0. The lowest BCUT2D eigenvalue weighted by molar-refractivity contribution is 0.585. The standard InChI is InChI=1S/C11H7F2N3/c1-7-2-3-9(12)11(10(7)13)16-6-8(4-14)5-15/h2-3,6,16H,1H3. The molecule has 5 heteroatoms. The van der Waals surface area contributed by atoms with Gasteiger partial charge >= 0.3 is 0 Å². The summed E-state index contributed by atoms with van der Waals surface area (Å²) in [6, 6.07) is 5.54. The highest BCUT2D eigenvalue weighted by Crippen LogP contribution is 2.21. The Morgan fingerprint density at radius 1 is 1.31 bits per heavy atom. The van der Waals surface area contributed by atoms with Gasteiger partial charge in [0.05, 0.1) is 0 Å². The molecule has 1 aromatic rings. The first kappa shape index (κ1) is 11.7. The van der Waals surface area contributed by atoms with Crippen LogP contribution in [0.15, 0.2) is 23.9 Å². The van der Waals surface area contributed by atoms with Gasteiger partial charge in [0.15, 0.2) is 5.82 Å². The lowest BCUT2D eigenvalue weighted by Gasteiger charge is -2.06. The van der Waals surface area contributed by atoms with Crippen LogP contribution in [0.3, 0.4) is 0 Å². The molecule has 0 heterocycles. The number of rotatable bonds is 2. The second kappa shape index (κ2) is 4.90. The highest BCUT2D eigenvalue weighted by molar-refractivity contribution is 5.53. The average molecular weight is 219 g/mol. The zero-order valence-corrected chi connectivity index (χ0v) is 8.38. The van der Waals surface area contributed by atoms with E-state index in [0.29, 0.717) is 0 Å². The van der Waals surface area contributed by atoms with Gasteiger partial charge in [0.2, 0.25) is 0 Å². The minimum Gasteiger partial charge on any atom is -0.355 e. The van der Waals surface area contributed by atoms with E-state index in [4.69, 9.17) is 10.5 Å². The van der Waals surface area contributed by atoms with Crippen LogP contribution in [0.1, 0.15) is 5.56 Å². The fourth-order valence-corrected chi connectivity index (χ4v) is 1.02. The second-order valence-corrected chi connectivity index (χ2v) is 2.98. The molecular weight excluding hydrogens is 212 g/mol. The highest BCUT2D eigenvalue weighted by Gasteiger charge is 2.10. The number of aryl methyl sites for hydroxylation is 1. The van der Waals surface area contributed by atoms with Crippen LogP contribution >= 0.6 is 0 Å². The second-order valence-electron chi connectivity index (χ2n) is 2.98. The van der Waals surface area contributed by atoms with E-state index in [1.165, 1.54) is 13.0 Å². The van der Waals surface area contributed by atoms with Crippen LogP contribution in [0, 0.1) is 41.2 Å². The first-order chi connectivity index (χ1) is 7.60. The Kier molecular flexibility index (Phi) is 3.58. The maximum absolute atomic E-state index is 13.4. The molecule has 1 aromatic carbocycles. The van der Waals surface area contributed by atoms with Gasteiger partial charge < -0.3 is 5.32 Å². The number of nitriles is 2. The van der Waals surface area contributed by atoms with E-state index in [9.17, 15) is 8.78 Å². The Morgan fingerprint density at radius 2 is 1.94 bits per heavy atom. The molecule has 0 atom stereocenters. The molecule has 0 saturated carbocycles. The molecule has 0 spiro atoms. The van der Waals surface area contributed by atoms with E-state index in [1.807, 2.05) is 0 Å². The molecule has 16 heavy (non-hydrogen) atoms. The predicted molar refractivity (Wildman–Crippen MR) is 54.0 cm³/mol. The lowest BCUT2D eigenvalue weighted by atomic mass is 10.2. The zero-order valence-electron chi connectivity index (χ0n) is 8.38. The molecule has 0 aromatic heterocycles. The van der Waals surface area contributed by atoms with Crippen LogP contribution < -0.4 is 5.32 Å². The smallest absolute Gasteiger partial charge is 0.152 e. The Bertz CT molecular complexity index is 505. The Hall–Kier alpha value is -2.40. The monoisotopic (exact) mass is 219 g/mol. The fourth-order valence-electron chi connectivity index (χ4n) is 1.02. The molecule has 0 amide bonds. The van der Waals surface area contributed by atoms with Gasteiger partial charge in [-0.3, -0.25) is 0 Å². The third kappa shape index (κ3) is 2.34. The maximum Gasteiger partial charge on any atom is 0.152 e. The van der Waals surface area contributed by atoms with Crippen LogP contribution in [-0.4, -0.2) is 0 Å². The SMILES string of the molecule is Cc1ccc(F)c(NC=C(C#N)C#N)c1F. The summed E-state index contributed by atoms with van der Waals surface area (Å²) >= 11 is 0. The van der Waals surface area contributed by atoms with E-state index in [0.717, 1.165) is 12.3 Å². The van der Waals surface area contributed by atoms with Crippen LogP contribution in [0.5, 0.6) is 0 Å². The van der Waals surface area contributed by atoms with E-state index in [1.54, 1.807) is 12.1 Å². The quantitative estimate of drug-likeness (QED) is 0.778. The molecule has 0 aliphatic heterocycles. The summed E-state index contributed by atoms with van der Waals surface area (Å²) in [5.41, 5.74) is -0.365. The molecule has 1 rings (SSSR count). The van der Waals surface area contributed by atoms with Gasteiger partial charge in [0.25, 0.3) is 0 Å². The molecule has 0 fully saturated rings. The minimum atomic E-state index is -0.783. The summed E-state index contributed by atoms with van der Waals surface area (Å²) in [5, 5.41) is 19.1. The van der Waals surface area contributed by atoms with Crippen molar-refractivity contribution in [1.29, 1.82) is 10.5 Å². The van der Waals surface area contributed by atoms with E-state index >= 15 is 0 Å². The van der Waals surface area contributed by atoms with Gasteiger partial charge in [-0.2, -0.15) is 10.5 Å². The molecule has 0 radical (unpaired) electrons. The van der Waals surface area contributed by atoms with Crippen molar-refractivity contribution < 1.29 is 8.78 Å². The summed E-state index contributed by atoms with van der Waals surface area (Å²) in [6.07, 6.45) is 0.959. The Morgan fingerprint density at radius 3 is 2.50 bits per heavy atom. The van der Waals surface area contributed by atoms with Crippen molar-refractivity contribution in [2.45, 2.75) is 6.92 Å². The number of hydrogen-bond acceptors (Lipinski definition) is 3. The number of hydrogen-bond donors (Lipinski definition) is 1. The normalized spacial score (nSPS) is 8.81. The third-order valence-electron chi connectivity index (χ3n) is 1.89. The van der Waals surface area contributed by atoms with Crippen molar-refractivity contribution >= 4 is 5.69 Å². The van der Waals surface area contributed by atoms with Crippen LogP contribution in [0.25, 0.3) is 0 Å². The zero-order chi connectivity index (χ0) is 12.1.